The first-order valence-corrected chi connectivity index (χ1v) is 10.4. The van der Waals surface area contributed by atoms with Crippen LogP contribution >= 0.6 is 11.6 Å². The number of hydrogen-bond acceptors (Lipinski definition) is 2. The number of nitrogens with zero attached hydrogens (tertiary/aromatic N) is 1. The Bertz CT molecular complexity index is 679. The second kappa shape index (κ2) is 9.73. The molecule has 0 bridgehead atoms. The Morgan fingerprint density at radius 1 is 0.852 bits per heavy atom. The molecule has 0 radical (unpaired) electrons. The molecule has 1 atom stereocenters. The maximum absolute atomic E-state index is 11.1. The van der Waals surface area contributed by atoms with Crippen molar-refractivity contribution < 1.29 is 5.11 Å². The molecule has 0 fully saturated rings. The van der Waals surface area contributed by atoms with Crippen LogP contribution in [0.25, 0.3) is 11.1 Å². The molecule has 0 aliphatic rings. The fourth-order valence-electron chi connectivity index (χ4n) is 3.47. The molecule has 2 aromatic rings. The van der Waals surface area contributed by atoms with Crippen molar-refractivity contribution in [2.45, 2.75) is 46.6 Å². The molecule has 0 saturated heterocycles. The van der Waals surface area contributed by atoms with Crippen LogP contribution in [-0.4, -0.2) is 29.6 Å². The molecule has 2 rings (SSSR count). The predicted molar refractivity (Wildman–Crippen MR) is 117 cm³/mol. The quantitative estimate of drug-likeness (QED) is 0.552. The topological polar surface area (TPSA) is 23.5 Å². The minimum absolute atomic E-state index is 0.632. The third-order valence-corrected chi connectivity index (χ3v) is 5.10. The van der Waals surface area contributed by atoms with Crippen LogP contribution in [0.5, 0.6) is 0 Å². The van der Waals surface area contributed by atoms with Crippen LogP contribution in [0.15, 0.2) is 48.5 Å². The van der Waals surface area contributed by atoms with Crippen LogP contribution in [-0.2, 0) is 5.60 Å². The van der Waals surface area contributed by atoms with E-state index in [-0.39, 0.29) is 0 Å². The van der Waals surface area contributed by atoms with Gasteiger partial charge in [0.05, 0.1) is 5.60 Å². The molecular weight excluding hydrogens is 354 g/mol. The maximum Gasteiger partial charge on any atom is 0.0880 e. The van der Waals surface area contributed by atoms with E-state index in [9.17, 15) is 5.11 Å². The van der Waals surface area contributed by atoms with E-state index < -0.39 is 5.60 Å². The van der Waals surface area contributed by atoms with Crippen molar-refractivity contribution in [3.05, 3.63) is 59.1 Å². The van der Waals surface area contributed by atoms with E-state index in [1.165, 1.54) is 0 Å². The molecule has 1 N–H and O–H groups in total. The van der Waals surface area contributed by atoms with E-state index in [0.29, 0.717) is 11.8 Å². The van der Waals surface area contributed by atoms with Crippen molar-refractivity contribution in [1.82, 2.24) is 4.90 Å². The summed E-state index contributed by atoms with van der Waals surface area (Å²) in [5.74, 6) is 1.26. The summed E-state index contributed by atoms with van der Waals surface area (Å²) >= 11 is 5.97. The molecule has 0 amide bonds. The van der Waals surface area contributed by atoms with Gasteiger partial charge in [-0.05, 0) is 54.0 Å². The number of halogens is 1. The first kappa shape index (κ1) is 21.9. The lowest BCUT2D eigenvalue weighted by Crippen LogP contribution is -2.36. The van der Waals surface area contributed by atoms with Crippen LogP contribution in [0.4, 0.5) is 0 Å². The molecule has 2 aromatic carbocycles. The van der Waals surface area contributed by atoms with Crippen molar-refractivity contribution in [2.75, 3.05) is 19.6 Å². The Kier molecular flexibility index (Phi) is 7.91. The summed E-state index contributed by atoms with van der Waals surface area (Å²) in [6, 6.07) is 16.1. The predicted octanol–water partition coefficient (Wildman–Crippen LogP) is 6.22. The van der Waals surface area contributed by atoms with Gasteiger partial charge in [0, 0.05) is 24.7 Å². The van der Waals surface area contributed by atoms with Crippen LogP contribution in [0.3, 0.4) is 0 Å². The van der Waals surface area contributed by atoms with Crippen molar-refractivity contribution >= 4 is 11.6 Å². The van der Waals surface area contributed by atoms with Gasteiger partial charge in [0.2, 0.25) is 0 Å². The lowest BCUT2D eigenvalue weighted by Gasteiger charge is -2.31. The second-order valence-corrected chi connectivity index (χ2v) is 9.09. The molecular formula is C24H34ClNO. The van der Waals surface area contributed by atoms with E-state index in [2.05, 4.69) is 44.7 Å². The van der Waals surface area contributed by atoms with Crippen LogP contribution < -0.4 is 0 Å². The van der Waals surface area contributed by atoms with Crippen molar-refractivity contribution in [2.24, 2.45) is 11.8 Å². The third-order valence-electron chi connectivity index (χ3n) is 4.85. The summed E-state index contributed by atoms with van der Waals surface area (Å²) < 4.78 is 0. The summed E-state index contributed by atoms with van der Waals surface area (Å²) in [5, 5.41) is 11.8. The largest absolute Gasteiger partial charge is 0.385 e. The fraction of sp³-hybridized carbons (Fsp3) is 0.500. The van der Waals surface area contributed by atoms with Gasteiger partial charge in [-0.15, -0.1) is 0 Å². The van der Waals surface area contributed by atoms with Gasteiger partial charge in [-0.1, -0.05) is 75.7 Å². The third kappa shape index (κ3) is 6.95. The smallest absolute Gasteiger partial charge is 0.0880 e. The van der Waals surface area contributed by atoms with E-state index in [0.717, 1.165) is 47.8 Å². The minimum Gasteiger partial charge on any atom is -0.385 e. The van der Waals surface area contributed by atoms with Gasteiger partial charge >= 0.3 is 0 Å². The van der Waals surface area contributed by atoms with Gasteiger partial charge in [-0.25, -0.2) is 0 Å². The highest BCUT2D eigenvalue weighted by Gasteiger charge is 2.24. The van der Waals surface area contributed by atoms with E-state index in [4.69, 9.17) is 11.6 Å². The monoisotopic (exact) mass is 387 g/mol. The van der Waals surface area contributed by atoms with Gasteiger partial charge in [0.1, 0.15) is 0 Å². The molecule has 3 heteroatoms. The second-order valence-electron chi connectivity index (χ2n) is 8.66. The Hall–Kier alpha value is -1.35. The molecule has 0 spiro atoms. The number of benzene rings is 2. The molecule has 0 aromatic heterocycles. The zero-order valence-electron chi connectivity index (χ0n) is 17.4. The van der Waals surface area contributed by atoms with Gasteiger partial charge in [-0.3, -0.25) is 0 Å². The standard InChI is InChI=1S/C24H34ClNO/c1-18(2)16-26(17-19(3)4)15-14-24(5,27)22-10-6-20(7-11-22)21-8-12-23(25)13-9-21/h6-13,18-19,27H,14-17H2,1-5H3. The van der Waals surface area contributed by atoms with Gasteiger partial charge in [0.25, 0.3) is 0 Å². The summed E-state index contributed by atoms with van der Waals surface area (Å²) in [5.41, 5.74) is 2.40. The van der Waals surface area contributed by atoms with E-state index in [1.54, 1.807) is 0 Å². The first-order valence-electron chi connectivity index (χ1n) is 9.98. The molecule has 0 aliphatic heterocycles. The van der Waals surface area contributed by atoms with Crippen LogP contribution in [0.2, 0.25) is 5.02 Å². The summed E-state index contributed by atoms with van der Waals surface area (Å²) in [6.45, 7) is 14.0. The summed E-state index contributed by atoms with van der Waals surface area (Å²) in [7, 11) is 0. The maximum atomic E-state index is 11.1. The highest BCUT2D eigenvalue weighted by molar-refractivity contribution is 6.30. The lowest BCUT2D eigenvalue weighted by atomic mass is 9.90. The van der Waals surface area contributed by atoms with Gasteiger partial charge in [0.15, 0.2) is 0 Å². The molecule has 0 aliphatic carbocycles. The number of aliphatic hydroxyl groups is 1. The Balaban J connectivity index is 2.05. The zero-order valence-corrected chi connectivity index (χ0v) is 18.1. The van der Waals surface area contributed by atoms with Crippen molar-refractivity contribution in [3.63, 3.8) is 0 Å². The average molecular weight is 388 g/mol. The SMILES string of the molecule is CC(C)CN(CCC(C)(O)c1ccc(-c2ccc(Cl)cc2)cc1)CC(C)C. The van der Waals surface area contributed by atoms with Crippen molar-refractivity contribution in [1.29, 1.82) is 0 Å². The average Bonchev–Trinajstić information content (AvgIpc) is 2.60. The van der Waals surface area contributed by atoms with E-state index in [1.807, 2.05) is 43.3 Å². The molecule has 27 heavy (non-hydrogen) atoms. The van der Waals surface area contributed by atoms with Crippen LogP contribution in [0, 0.1) is 11.8 Å². The molecule has 0 heterocycles. The Morgan fingerprint density at radius 2 is 1.30 bits per heavy atom. The molecule has 148 valence electrons. The van der Waals surface area contributed by atoms with Gasteiger partial charge < -0.3 is 10.0 Å². The summed E-state index contributed by atoms with van der Waals surface area (Å²) in [6.07, 6.45) is 0.729. The number of hydrogen-bond donors (Lipinski definition) is 1. The van der Waals surface area contributed by atoms with Crippen LogP contribution in [0.1, 0.15) is 46.6 Å². The van der Waals surface area contributed by atoms with E-state index >= 15 is 0 Å². The lowest BCUT2D eigenvalue weighted by molar-refractivity contribution is 0.0331. The fourth-order valence-corrected chi connectivity index (χ4v) is 3.60. The van der Waals surface area contributed by atoms with Gasteiger partial charge in [-0.2, -0.15) is 0 Å². The minimum atomic E-state index is -0.829. The zero-order chi connectivity index (χ0) is 20.0. The Morgan fingerprint density at radius 3 is 1.74 bits per heavy atom. The normalized spacial score (nSPS) is 14.1. The molecule has 2 nitrogen and oxygen atoms in total. The molecule has 1 unspecified atom stereocenters. The Labute approximate surface area is 170 Å². The molecule has 0 saturated carbocycles. The summed E-state index contributed by atoms with van der Waals surface area (Å²) in [4.78, 5) is 2.48. The highest BCUT2D eigenvalue weighted by Crippen LogP contribution is 2.28. The van der Waals surface area contributed by atoms with Crippen molar-refractivity contribution in [3.8, 4) is 11.1 Å². The highest BCUT2D eigenvalue weighted by atomic mass is 35.5. The first-order chi connectivity index (χ1) is 12.7. The number of rotatable bonds is 9.